The molecular formula is C21H18N4O2. The SMILES string of the molecule is Cc1ccc(-n2c(=O)n(CC(=O)Nc3ccccc3)c3cccnc32)cc1. The number of nitrogens with zero attached hydrogens (tertiary/aromatic N) is 3. The summed E-state index contributed by atoms with van der Waals surface area (Å²) in [5, 5.41) is 2.81. The molecule has 2 heterocycles. The molecule has 6 heteroatoms. The van der Waals surface area contributed by atoms with Gasteiger partial charge in [-0.1, -0.05) is 35.9 Å². The van der Waals surface area contributed by atoms with E-state index in [1.807, 2.05) is 49.4 Å². The third-order valence-electron chi connectivity index (χ3n) is 4.34. The number of pyridine rings is 1. The summed E-state index contributed by atoms with van der Waals surface area (Å²) in [7, 11) is 0. The predicted octanol–water partition coefficient (Wildman–Crippen LogP) is 3.13. The van der Waals surface area contributed by atoms with Gasteiger partial charge >= 0.3 is 5.69 Å². The number of imidazole rings is 1. The van der Waals surface area contributed by atoms with Gasteiger partial charge in [-0.2, -0.15) is 0 Å². The van der Waals surface area contributed by atoms with Crippen molar-refractivity contribution in [3.63, 3.8) is 0 Å². The number of nitrogens with one attached hydrogen (secondary N) is 1. The van der Waals surface area contributed by atoms with Gasteiger partial charge in [0.25, 0.3) is 0 Å². The monoisotopic (exact) mass is 358 g/mol. The van der Waals surface area contributed by atoms with Gasteiger partial charge in [-0.05, 0) is 43.3 Å². The first-order valence-electron chi connectivity index (χ1n) is 8.62. The fourth-order valence-corrected chi connectivity index (χ4v) is 3.03. The summed E-state index contributed by atoms with van der Waals surface area (Å²) in [5.74, 6) is -0.268. The van der Waals surface area contributed by atoms with Gasteiger partial charge in [0.2, 0.25) is 5.91 Å². The summed E-state index contributed by atoms with van der Waals surface area (Å²) >= 11 is 0. The molecule has 0 saturated heterocycles. The zero-order valence-electron chi connectivity index (χ0n) is 14.8. The maximum atomic E-state index is 13.1. The molecule has 0 spiro atoms. The van der Waals surface area contributed by atoms with E-state index in [9.17, 15) is 9.59 Å². The van der Waals surface area contributed by atoms with Crippen molar-refractivity contribution in [2.75, 3.05) is 5.32 Å². The van der Waals surface area contributed by atoms with Crippen LogP contribution in [0.2, 0.25) is 0 Å². The normalized spacial score (nSPS) is 10.9. The largest absolute Gasteiger partial charge is 0.335 e. The number of fused-ring (bicyclic) bond motifs is 1. The molecule has 2 aromatic heterocycles. The first kappa shape index (κ1) is 16.8. The Hall–Kier alpha value is -3.67. The molecule has 1 amide bonds. The second kappa shape index (κ2) is 6.92. The molecule has 0 fully saturated rings. The molecule has 0 radical (unpaired) electrons. The number of carbonyl (C=O) groups excluding carboxylic acids is 1. The van der Waals surface area contributed by atoms with Crippen molar-refractivity contribution >= 4 is 22.8 Å². The zero-order chi connectivity index (χ0) is 18.8. The smallest absolute Gasteiger partial charge is 0.325 e. The second-order valence-corrected chi connectivity index (χ2v) is 6.30. The van der Waals surface area contributed by atoms with Crippen LogP contribution in [0.25, 0.3) is 16.9 Å². The lowest BCUT2D eigenvalue weighted by atomic mass is 10.2. The van der Waals surface area contributed by atoms with Gasteiger partial charge in [0.1, 0.15) is 6.54 Å². The Balaban J connectivity index is 1.75. The fraction of sp³-hybridized carbons (Fsp3) is 0.0952. The van der Waals surface area contributed by atoms with Crippen molar-refractivity contribution in [3.8, 4) is 5.69 Å². The lowest BCUT2D eigenvalue weighted by Gasteiger charge is -2.06. The number of aromatic nitrogens is 3. The number of amides is 1. The number of anilines is 1. The number of aryl methyl sites for hydroxylation is 1. The lowest BCUT2D eigenvalue weighted by Crippen LogP contribution is -2.28. The van der Waals surface area contributed by atoms with Gasteiger partial charge in [-0.15, -0.1) is 0 Å². The van der Waals surface area contributed by atoms with Crippen LogP contribution >= 0.6 is 0 Å². The molecule has 0 aliphatic heterocycles. The van der Waals surface area contributed by atoms with Crippen LogP contribution in [-0.4, -0.2) is 20.0 Å². The van der Waals surface area contributed by atoms with Crippen molar-refractivity contribution in [2.45, 2.75) is 13.5 Å². The summed E-state index contributed by atoms with van der Waals surface area (Å²) in [5.41, 5.74) is 3.36. The van der Waals surface area contributed by atoms with Crippen LogP contribution in [0.15, 0.2) is 77.7 Å². The molecule has 0 saturated carbocycles. The Morgan fingerprint density at radius 1 is 1.00 bits per heavy atom. The van der Waals surface area contributed by atoms with Gasteiger partial charge < -0.3 is 5.32 Å². The highest BCUT2D eigenvalue weighted by Gasteiger charge is 2.17. The Kier molecular flexibility index (Phi) is 4.30. The predicted molar refractivity (Wildman–Crippen MR) is 105 cm³/mol. The van der Waals surface area contributed by atoms with Gasteiger partial charge in [0.05, 0.1) is 11.2 Å². The van der Waals surface area contributed by atoms with E-state index >= 15 is 0 Å². The van der Waals surface area contributed by atoms with E-state index in [-0.39, 0.29) is 18.1 Å². The van der Waals surface area contributed by atoms with Gasteiger partial charge in [0, 0.05) is 11.9 Å². The van der Waals surface area contributed by atoms with Crippen LogP contribution in [0, 0.1) is 6.92 Å². The van der Waals surface area contributed by atoms with Crippen molar-refractivity contribution in [2.24, 2.45) is 0 Å². The number of benzene rings is 2. The molecule has 0 aliphatic carbocycles. The number of carbonyl (C=O) groups is 1. The number of rotatable bonds is 4. The van der Waals surface area contributed by atoms with E-state index in [0.29, 0.717) is 16.9 Å². The van der Waals surface area contributed by atoms with Crippen LogP contribution in [0.5, 0.6) is 0 Å². The second-order valence-electron chi connectivity index (χ2n) is 6.30. The van der Waals surface area contributed by atoms with E-state index in [2.05, 4.69) is 10.3 Å². The highest BCUT2D eigenvalue weighted by Crippen LogP contribution is 2.16. The minimum atomic E-state index is -0.296. The summed E-state index contributed by atoms with van der Waals surface area (Å²) in [6.45, 7) is 1.90. The summed E-state index contributed by atoms with van der Waals surface area (Å²) in [4.78, 5) is 29.9. The molecule has 4 rings (SSSR count). The van der Waals surface area contributed by atoms with Crippen molar-refractivity contribution < 1.29 is 4.79 Å². The van der Waals surface area contributed by atoms with Crippen molar-refractivity contribution in [1.29, 1.82) is 0 Å². The summed E-state index contributed by atoms with van der Waals surface area (Å²) < 4.78 is 2.98. The number of para-hydroxylation sites is 1. The molecule has 0 atom stereocenters. The Morgan fingerprint density at radius 2 is 1.74 bits per heavy atom. The molecular weight excluding hydrogens is 340 g/mol. The van der Waals surface area contributed by atoms with Crippen LogP contribution in [0.1, 0.15) is 5.56 Å². The Morgan fingerprint density at radius 3 is 2.48 bits per heavy atom. The van der Waals surface area contributed by atoms with Crippen LogP contribution in [-0.2, 0) is 11.3 Å². The number of hydrogen-bond donors (Lipinski definition) is 1. The molecule has 2 aromatic carbocycles. The molecule has 4 aromatic rings. The average molecular weight is 358 g/mol. The lowest BCUT2D eigenvalue weighted by molar-refractivity contribution is -0.116. The van der Waals surface area contributed by atoms with Crippen LogP contribution < -0.4 is 11.0 Å². The number of hydrogen-bond acceptors (Lipinski definition) is 3. The minimum absolute atomic E-state index is 0.0885. The van der Waals surface area contributed by atoms with E-state index in [0.717, 1.165) is 11.3 Å². The third kappa shape index (κ3) is 3.25. The quantitative estimate of drug-likeness (QED) is 0.609. The fourth-order valence-electron chi connectivity index (χ4n) is 3.03. The van der Waals surface area contributed by atoms with Crippen molar-refractivity contribution in [1.82, 2.24) is 14.1 Å². The molecule has 0 aliphatic rings. The van der Waals surface area contributed by atoms with Crippen LogP contribution in [0.3, 0.4) is 0 Å². The third-order valence-corrected chi connectivity index (χ3v) is 4.34. The Bertz CT molecular complexity index is 1160. The minimum Gasteiger partial charge on any atom is -0.325 e. The highest BCUT2D eigenvalue weighted by molar-refractivity contribution is 5.91. The maximum absolute atomic E-state index is 13.1. The molecule has 27 heavy (non-hydrogen) atoms. The van der Waals surface area contributed by atoms with E-state index < -0.39 is 0 Å². The van der Waals surface area contributed by atoms with Gasteiger partial charge in [-0.25, -0.2) is 14.3 Å². The first-order chi connectivity index (χ1) is 13.1. The molecule has 134 valence electrons. The first-order valence-corrected chi connectivity index (χ1v) is 8.62. The molecule has 1 N–H and O–H groups in total. The topological polar surface area (TPSA) is 68.9 Å². The van der Waals surface area contributed by atoms with Crippen molar-refractivity contribution in [3.05, 3.63) is 89.0 Å². The van der Waals surface area contributed by atoms with E-state index in [4.69, 9.17) is 0 Å². The van der Waals surface area contributed by atoms with Crippen LogP contribution in [0.4, 0.5) is 5.69 Å². The van der Waals surface area contributed by atoms with E-state index in [1.165, 1.54) is 9.13 Å². The van der Waals surface area contributed by atoms with Gasteiger partial charge in [-0.3, -0.25) is 9.36 Å². The highest BCUT2D eigenvalue weighted by atomic mass is 16.2. The zero-order valence-corrected chi connectivity index (χ0v) is 14.8. The standard InChI is InChI=1S/C21H18N4O2/c1-15-9-11-17(12-10-15)25-20-18(8-5-13-22-20)24(21(25)27)14-19(26)23-16-6-3-2-4-7-16/h2-13H,14H2,1H3,(H,23,26). The van der Waals surface area contributed by atoms with E-state index in [1.54, 1.807) is 30.5 Å². The molecule has 6 nitrogen and oxygen atoms in total. The average Bonchev–Trinajstić information content (AvgIpc) is 2.95. The summed E-state index contributed by atoms with van der Waals surface area (Å²) in [6.07, 6.45) is 1.64. The summed E-state index contributed by atoms with van der Waals surface area (Å²) in [6, 6.07) is 20.3. The molecule has 0 bridgehead atoms. The maximum Gasteiger partial charge on any atom is 0.335 e. The Labute approximate surface area is 155 Å². The van der Waals surface area contributed by atoms with Gasteiger partial charge in [0.15, 0.2) is 5.65 Å². The molecule has 0 unspecified atom stereocenters.